The second-order valence-corrected chi connectivity index (χ2v) is 8.90. The third-order valence-electron chi connectivity index (χ3n) is 7.09. The summed E-state index contributed by atoms with van der Waals surface area (Å²) in [6, 6.07) is 3.80. The van der Waals surface area contributed by atoms with Crippen LogP contribution in [0.3, 0.4) is 0 Å². The average Bonchev–Trinajstić information content (AvgIpc) is 3.57. The topological polar surface area (TPSA) is 75.4 Å². The number of anilines is 1. The average molecular weight is 431 g/mol. The number of hydrogen-bond donors (Lipinski definition) is 0. The van der Waals surface area contributed by atoms with Gasteiger partial charge < -0.3 is 14.3 Å². The first kappa shape index (κ1) is 18.8. The van der Waals surface area contributed by atoms with Crippen LogP contribution in [-0.4, -0.2) is 51.1 Å². The van der Waals surface area contributed by atoms with E-state index in [-0.39, 0.29) is 23.8 Å². The van der Waals surface area contributed by atoms with Gasteiger partial charge >= 0.3 is 12.1 Å². The maximum atomic E-state index is 13.1. The summed E-state index contributed by atoms with van der Waals surface area (Å²) < 4.78 is 42.2. The van der Waals surface area contributed by atoms with Gasteiger partial charge in [-0.2, -0.15) is 18.2 Å². The molecule has 0 aromatic carbocycles. The summed E-state index contributed by atoms with van der Waals surface area (Å²) in [6.45, 7) is 1.42. The largest absolute Gasteiger partial charge is 0.471 e. The highest BCUT2D eigenvalue weighted by atomic mass is 19.4. The van der Waals surface area contributed by atoms with E-state index in [9.17, 15) is 18.0 Å². The summed E-state index contributed by atoms with van der Waals surface area (Å²) in [5.74, 6) is 0.631. The molecular weight excluding hydrogens is 411 g/mol. The number of fused-ring (bicyclic) bond motifs is 4. The fourth-order valence-electron chi connectivity index (χ4n) is 5.64. The number of aromatic nitrogens is 3. The first-order chi connectivity index (χ1) is 14.9. The molecule has 1 saturated carbocycles. The third kappa shape index (κ3) is 3.02. The minimum absolute atomic E-state index is 0.136. The van der Waals surface area contributed by atoms with E-state index in [1.54, 1.807) is 12.1 Å². The number of hydrogen-bond acceptors (Lipinski definition) is 6. The Bertz CT molecular complexity index is 1050. The lowest BCUT2D eigenvalue weighted by Gasteiger charge is -2.37. The molecule has 2 aromatic rings. The number of halogens is 3. The number of amides is 1. The molecule has 5 atom stereocenters. The summed E-state index contributed by atoms with van der Waals surface area (Å²) in [4.78, 5) is 25.1. The van der Waals surface area contributed by atoms with Gasteiger partial charge in [-0.05, 0) is 43.2 Å². The number of carbonyl (C=O) groups is 1. The van der Waals surface area contributed by atoms with Crippen molar-refractivity contribution in [2.45, 2.75) is 37.5 Å². The van der Waals surface area contributed by atoms with E-state index in [2.05, 4.69) is 41.6 Å². The van der Waals surface area contributed by atoms with E-state index in [1.807, 2.05) is 0 Å². The van der Waals surface area contributed by atoms with Gasteiger partial charge in [-0.15, -0.1) is 0 Å². The zero-order valence-electron chi connectivity index (χ0n) is 16.5. The van der Waals surface area contributed by atoms with Gasteiger partial charge in [0.15, 0.2) is 0 Å². The highest BCUT2D eigenvalue weighted by Crippen LogP contribution is 2.45. The van der Waals surface area contributed by atoms with E-state index < -0.39 is 12.1 Å². The minimum atomic E-state index is -4.68. The molecule has 3 fully saturated rings. The lowest BCUT2D eigenvalue weighted by atomic mass is 9.92. The van der Waals surface area contributed by atoms with Crippen molar-refractivity contribution in [2.24, 2.45) is 17.8 Å². The second kappa shape index (κ2) is 6.54. The molecule has 2 aliphatic heterocycles. The smallest absolute Gasteiger partial charge is 0.350 e. The SMILES string of the molecule is O=C(C1CC2C=CC1C2)N1CC2CC1CN2c1ccc(-c2noc(C(F)(F)F)n2)cn1. The lowest BCUT2D eigenvalue weighted by Crippen LogP contribution is -2.51. The van der Waals surface area contributed by atoms with Gasteiger partial charge in [-0.3, -0.25) is 4.79 Å². The molecule has 2 aromatic heterocycles. The van der Waals surface area contributed by atoms with Crippen molar-refractivity contribution in [1.29, 1.82) is 0 Å². The molecule has 5 unspecified atom stereocenters. The van der Waals surface area contributed by atoms with E-state index in [0.29, 0.717) is 29.9 Å². The van der Waals surface area contributed by atoms with Crippen LogP contribution in [-0.2, 0) is 11.0 Å². The molecule has 1 amide bonds. The van der Waals surface area contributed by atoms with Crippen LogP contribution in [0.25, 0.3) is 11.4 Å². The Balaban J connectivity index is 1.13. The maximum Gasteiger partial charge on any atom is 0.471 e. The highest BCUT2D eigenvalue weighted by Gasteiger charge is 2.49. The number of carbonyl (C=O) groups excluding carboxylic acids is 1. The van der Waals surface area contributed by atoms with Gasteiger partial charge in [0.2, 0.25) is 11.7 Å². The van der Waals surface area contributed by atoms with E-state index in [0.717, 1.165) is 31.6 Å². The zero-order valence-corrected chi connectivity index (χ0v) is 16.5. The monoisotopic (exact) mass is 431 g/mol. The van der Waals surface area contributed by atoms with Gasteiger partial charge in [0.05, 0.1) is 12.1 Å². The number of piperazine rings is 1. The van der Waals surface area contributed by atoms with Gasteiger partial charge in [0, 0.05) is 30.8 Å². The number of pyridine rings is 1. The maximum absolute atomic E-state index is 13.1. The Morgan fingerprint density at radius 1 is 1.10 bits per heavy atom. The van der Waals surface area contributed by atoms with Crippen molar-refractivity contribution in [3.8, 4) is 11.4 Å². The molecule has 10 heteroatoms. The van der Waals surface area contributed by atoms with Crippen LogP contribution in [0.1, 0.15) is 25.2 Å². The summed E-state index contributed by atoms with van der Waals surface area (Å²) in [5.41, 5.74) is 0.355. The molecule has 4 heterocycles. The standard InChI is InChI=1S/C21H20F3N5O2/c22-21(23,24)20-26-18(27-31-20)13-3-4-17(25-8-13)28-9-15-7-14(28)10-29(15)19(30)16-6-11-1-2-12(16)5-11/h1-4,8,11-12,14-16H,5-7,9-10H2. The van der Waals surface area contributed by atoms with Gasteiger partial charge in [-0.25, -0.2) is 4.98 Å². The fourth-order valence-corrected chi connectivity index (χ4v) is 5.64. The fraction of sp³-hybridized carbons (Fsp3) is 0.524. The zero-order chi connectivity index (χ0) is 21.3. The van der Waals surface area contributed by atoms with Gasteiger partial charge in [0.25, 0.3) is 0 Å². The van der Waals surface area contributed by atoms with Crippen LogP contribution in [0.2, 0.25) is 0 Å². The van der Waals surface area contributed by atoms with Gasteiger partial charge in [0.1, 0.15) is 5.82 Å². The first-order valence-corrected chi connectivity index (χ1v) is 10.5. The third-order valence-corrected chi connectivity index (χ3v) is 7.09. The molecule has 31 heavy (non-hydrogen) atoms. The van der Waals surface area contributed by atoms with Crippen molar-refractivity contribution in [3.63, 3.8) is 0 Å². The quantitative estimate of drug-likeness (QED) is 0.695. The van der Waals surface area contributed by atoms with Crippen LogP contribution < -0.4 is 4.90 Å². The summed E-state index contributed by atoms with van der Waals surface area (Å²) in [6.07, 6.45) is 4.26. The van der Waals surface area contributed by atoms with Crippen molar-refractivity contribution < 1.29 is 22.5 Å². The summed E-state index contributed by atoms with van der Waals surface area (Å²) in [5, 5.41) is 3.39. The molecule has 4 bridgehead atoms. The number of likely N-dealkylation sites (tertiary alicyclic amines) is 1. The Labute approximate surface area is 175 Å². The highest BCUT2D eigenvalue weighted by molar-refractivity contribution is 5.81. The normalized spacial score (nSPS) is 31.3. The lowest BCUT2D eigenvalue weighted by molar-refractivity contribution is -0.159. The Morgan fingerprint density at radius 3 is 2.55 bits per heavy atom. The Hall–Kier alpha value is -2.91. The van der Waals surface area contributed by atoms with E-state index in [4.69, 9.17) is 0 Å². The number of nitrogens with zero attached hydrogens (tertiary/aromatic N) is 5. The number of allylic oxidation sites excluding steroid dienone is 2. The molecule has 2 saturated heterocycles. The summed E-state index contributed by atoms with van der Waals surface area (Å²) in [7, 11) is 0. The molecule has 7 nitrogen and oxygen atoms in total. The predicted molar refractivity (Wildman–Crippen MR) is 103 cm³/mol. The molecule has 2 aliphatic carbocycles. The van der Waals surface area contributed by atoms with Crippen LogP contribution in [0.4, 0.5) is 19.0 Å². The van der Waals surface area contributed by atoms with Crippen LogP contribution in [0.5, 0.6) is 0 Å². The molecule has 4 aliphatic rings. The van der Waals surface area contributed by atoms with Crippen LogP contribution >= 0.6 is 0 Å². The minimum Gasteiger partial charge on any atom is -0.350 e. The van der Waals surface area contributed by atoms with E-state index in [1.165, 1.54) is 6.20 Å². The Kier molecular flexibility index (Phi) is 3.97. The molecule has 162 valence electrons. The van der Waals surface area contributed by atoms with E-state index >= 15 is 0 Å². The number of rotatable bonds is 3. The molecular formula is C21H20F3N5O2. The second-order valence-electron chi connectivity index (χ2n) is 8.90. The predicted octanol–water partition coefficient (Wildman–Crippen LogP) is 3.15. The van der Waals surface area contributed by atoms with Crippen LogP contribution in [0.15, 0.2) is 35.0 Å². The summed E-state index contributed by atoms with van der Waals surface area (Å²) >= 11 is 0. The first-order valence-electron chi connectivity index (χ1n) is 10.5. The Morgan fingerprint density at radius 2 is 1.97 bits per heavy atom. The number of alkyl halides is 3. The van der Waals surface area contributed by atoms with Crippen LogP contribution in [0, 0.1) is 17.8 Å². The van der Waals surface area contributed by atoms with Crippen molar-refractivity contribution in [3.05, 3.63) is 36.4 Å². The molecule has 6 rings (SSSR count). The van der Waals surface area contributed by atoms with Gasteiger partial charge in [-0.1, -0.05) is 17.3 Å². The van der Waals surface area contributed by atoms with Crippen molar-refractivity contribution in [2.75, 3.05) is 18.0 Å². The molecule has 0 spiro atoms. The van der Waals surface area contributed by atoms with Crippen molar-refractivity contribution >= 4 is 11.7 Å². The molecule has 0 N–H and O–H groups in total. The van der Waals surface area contributed by atoms with Crippen molar-refractivity contribution in [1.82, 2.24) is 20.0 Å². The molecule has 0 radical (unpaired) electrons.